The molecule has 1 amide bonds. The van der Waals surface area contributed by atoms with Crippen molar-refractivity contribution in [1.82, 2.24) is 9.88 Å². The Morgan fingerprint density at radius 3 is 2.15 bits per heavy atom. The summed E-state index contributed by atoms with van der Waals surface area (Å²) in [5, 5.41) is 0. The van der Waals surface area contributed by atoms with Gasteiger partial charge in [-0.25, -0.2) is 4.98 Å². The molecule has 0 radical (unpaired) electrons. The van der Waals surface area contributed by atoms with Gasteiger partial charge in [0.05, 0.1) is 12.7 Å². The molecule has 0 saturated carbocycles. The van der Waals surface area contributed by atoms with Crippen LogP contribution >= 0.6 is 0 Å². The normalized spacial score (nSPS) is 17.3. The molecule has 6 heteroatoms. The van der Waals surface area contributed by atoms with Gasteiger partial charge in [0, 0.05) is 51.2 Å². The Morgan fingerprint density at radius 2 is 1.56 bits per heavy atom. The number of carbonyl (C=O) groups excluding carboxylic acids is 1. The fraction of sp³-hybridized carbons (Fsp3) is 0.429. The lowest BCUT2D eigenvalue weighted by atomic mass is 10.2. The maximum Gasteiger partial charge on any atom is 0.255 e. The summed E-state index contributed by atoms with van der Waals surface area (Å²) in [6, 6.07) is 12.1. The molecule has 0 bridgehead atoms. The number of carbonyl (C=O) groups is 1. The molecule has 4 rings (SSSR count). The number of amides is 1. The van der Waals surface area contributed by atoms with Crippen LogP contribution in [0.5, 0.6) is 5.75 Å². The van der Waals surface area contributed by atoms with Gasteiger partial charge in [-0.15, -0.1) is 0 Å². The predicted octanol–water partition coefficient (Wildman–Crippen LogP) is 2.65. The van der Waals surface area contributed by atoms with E-state index in [9.17, 15) is 4.79 Å². The lowest BCUT2D eigenvalue weighted by Crippen LogP contribution is -2.46. The molecule has 2 fully saturated rings. The SMILES string of the molecule is COc1ccc(N2CCN(c3ccc(C(=O)N4CCCC4)cn3)CC2)cc1. The molecule has 0 spiro atoms. The molecular formula is C21H26N4O2. The van der Waals surface area contributed by atoms with E-state index >= 15 is 0 Å². The summed E-state index contributed by atoms with van der Waals surface area (Å²) in [5.74, 6) is 1.93. The maximum atomic E-state index is 12.4. The molecule has 2 aliphatic heterocycles. The minimum atomic E-state index is 0.107. The number of anilines is 2. The molecule has 0 N–H and O–H groups in total. The highest BCUT2D eigenvalue weighted by Crippen LogP contribution is 2.22. The highest BCUT2D eigenvalue weighted by atomic mass is 16.5. The van der Waals surface area contributed by atoms with Crippen LogP contribution in [0, 0.1) is 0 Å². The zero-order valence-electron chi connectivity index (χ0n) is 15.8. The van der Waals surface area contributed by atoms with E-state index in [1.807, 2.05) is 29.2 Å². The smallest absolute Gasteiger partial charge is 0.255 e. The molecule has 142 valence electrons. The minimum Gasteiger partial charge on any atom is -0.497 e. The summed E-state index contributed by atoms with van der Waals surface area (Å²) in [4.78, 5) is 23.6. The van der Waals surface area contributed by atoms with Crippen LogP contribution in [0.15, 0.2) is 42.6 Å². The Labute approximate surface area is 160 Å². The number of piperazine rings is 1. The number of rotatable bonds is 4. The number of hydrogen-bond donors (Lipinski definition) is 0. The van der Waals surface area contributed by atoms with Crippen LogP contribution in [0.25, 0.3) is 0 Å². The van der Waals surface area contributed by atoms with E-state index in [1.165, 1.54) is 5.69 Å². The van der Waals surface area contributed by atoms with Crippen LogP contribution in [0.3, 0.4) is 0 Å². The van der Waals surface area contributed by atoms with Gasteiger partial charge in [0.25, 0.3) is 5.91 Å². The number of benzene rings is 1. The fourth-order valence-electron chi connectivity index (χ4n) is 3.79. The van der Waals surface area contributed by atoms with E-state index in [4.69, 9.17) is 4.74 Å². The summed E-state index contributed by atoms with van der Waals surface area (Å²) >= 11 is 0. The zero-order valence-corrected chi connectivity index (χ0v) is 15.8. The van der Waals surface area contributed by atoms with Crippen LogP contribution in [-0.2, 0) is 0 Å². The zero-order chi connectivity index (χ0) is 18.6. The third-order valence-electron chi connectivity index (χ3n) is 5.43. The highest BCUT2D eigenvalue weighted by Gasteiger charge is 2.21. The molecular weight excluding hydrogens is 340 g/mol. The average molecular weight is 366 g/mol. The van der Waals surface area contributed by atoms with E-state index in [-0.39, 0.29) is 5.91 Å². The van der Waals surface area contributed by atoms with Crippen LogP contribution in [0.4, 0.5) is 11.5 Å². The van der Waals surface area contributed by atoms with Crippen LogP contribution in [-0.4, -0.2) is 62.2 Å². The van der Waals surface area contributed by atoms with Crippen molar-refractivity contribution in [3.05, 3.63) is 48.2 Å². The third kappa shape index (κ3) is 3.84. The minimum absolute atomic E-state index is 0.107. The predicted molar refractivity (Wildman–Crippen MR) is 107 cm³/mol. The Morgan fingerprint density at radius 1 is 0.889 bits per heavy atom. The van der Waals surface area contributed by atoms with Gasteiger partial charge in [-0.1, -0.05) is 0 Å². The summed E-state index contributed by atoms with van der Waals surface area (Å²) < 4.78 is 5.23. The quantitative estimate of drug-likeness (QED) is 0.833. The van der Waals surface area contributed by atoms with Gasteiger partial charge < -0.3 is 19.4 Å². The Balaban J connectivity index is 1.35. The number of pyridine rings is 1. The molecule has 2 aromatic rings. The summed E-state index contributed by atoms with van der Waals surface area (Å²) in [5.41, 5.74) is 1.91. The van der Waals surface area contributed by atoms with Gasteiger partial charge >= 0.3 is 0 Å². The van der Waals surface area contributed by atoms with Gasteiger partial charge in [-0.2, -0.15) is 0 Å². The third-order valence-corrected chi connectivity index (χ3v) is 5.43. The first-order valence-electron chi connectivity index (χ1n) is 9.64. The lowest BCUT2D eigenvalue weighted by Gasteiger charge is -2.36. The number of ether oxygens (including phenoxy) is 1. The average Bonchev–Trinajstić information content (AvgIpc) is 3.28. The first-order valence-corrected chi connectivity index (χ1v) is 9.64. The molecule has 2 aliphatic rings. The van der Waals surface area contributed by atoms with E-state index in [2.05, 4.69) is 26.9 Å². The summed E-state index contributed by atoms with van der Waals surface area (Å²) in [6.45, 7) is 5.46. The van der Waals surface area contributed by atoms with Gasteiger partial charge in [-0.3, -0.25) is 4.79 Å². The summed E-state index contributed by atoms with van der Waals surface area (Å²) in [6.07, 6.45) is 3.94. The van der Waals surface area contributed by atoms with Gasteiger partial charge in [-0.05, 0) is 49.2 Å². The standard InChI is InChI=1S/C21H26N4O2/c1-27-19-7-5-18(6-8-19)23-12-14-24(15-13-23)20-9-4-17(16-22-20)21(26)25-10-2-3-11-25/h4-9,16H,2-3,10-15H2,1H3. The molecule has 0 unspecified atom stereocenters. The lowest BCUT2D eigenvalue weighted by molar-refractivity contribution is 0.0792. The van der Waals surface area contributed by atoms with E-state index in [1.54, 1.807) is 13.3 Å². The first-order chi connectivity index (χ1) is 13.2. The van der Waals surface area contributed by atoms with E-state index in [0.717, 1.165) is 63.7 Å². The highest BCUT2D eigenvalue weighted by molar-refractivity contribution is 5.94. The largest absolute Gasteiger partial charge is 0.497 e. The number of likely N-dealkylation sites (tertiary alicyclic amines) is 1. The van der Waals surface area contributed by atoms with Crippen LogP contribution in [0.2, 0.25) is 0 Å². The molecule has 1 aromatic carbocycles. The van der Waals surface area contributed by atoms with Crippen molar-refractivity contribution in [3.8, 4) is 5.75 Å². The second kappa shape index (κ2) is 7.86. The van der Waals surface area contributed by atoms with Gasteiger partial charge in [0.1, 0.15) is 11.6 Å². The first kappa shape index (κ1) is 17.6. The molecule has 3 heterocycles. The monoisotopic (exact) mass is 366 g/mol. The van der Waals surface area contributed by atoms with Crippen molar-refractivity contribution < 1.29 is 9.53 Å². The Hall–Kier alpha value is -2.76. The van der Waals surface area contributed by atoms with Crippen molar-refractivity contribution in [2.75, 3.05) is 56.2 Å². The van der Waals surface area contributed by atoms with Gasteiger partial charge in [0.15, 0.2) is 0 Å². The number of methoxy groups -OCH3 is 1. The fourth-order valence-corrected chi connectivity index (χ4v) is 3.79. The second-order valence-electron chi connectivity index (χ2n) is 7.08. The number of hydrogen-bond acceptors (Lipinski definition) is 5. The number of aromatic nitrogens is 1. The van der Waals surface area contributed by atoms with Gasteiger partial charge in [0.2, 0.25) is 0 Å². The summed E-state index contributed by atoms with van der Waals surface area (Å²) in [7, 11) is 1.69. The molecule has 1 aromatic heterocycles. The van der Waals surface area contributed by atoms with Crippen molar-refractivity contribution in [2.45, 2.75) is 12.8 Å². The molecule has 2 saturated heterocycles. The van der Waals surface area contributed by atoms with E-state index in [0.29, 0.717) is 5.56 Å². The number of nitrogens with zero attached hydrogens (tertiary/aromatic N) is 4. The maximum absolute atomic E-state index is 12.4. The second-order valence-corrected chi connectivity index (χ2v) is 7.08. The van der Waals surface area contributed by atoms with Crippen molar-refractivity contribution in [2.24, 2.45) is 0 Å². The van der Waals surface area contributed by atoms with Crippen LogP contribution < -0.4 is 14.5 Å². The Bertz CT molecular complexity index is 762. The van der Waals surface area contributed by atoms with E-state index < -0.39 is 0 Å². The van der Waals surface area contributed by atoms with Crippen molar-refractivity contribution in [3.63, 3.8) is 0 Å². The molecule has 0 aliphatic carbocycles. The Kier molecular flexibility index (Phi) is 5.14. The molecule has 6 nitrogen and oxygen atoms in total. The van der Waals surface area contributed by atoms with Crippen molar-refractivity contribution >= 4 is 17.4 Å². The topological polar surface area (TPSA) is 48.9 Å². The van der Waals surface area contributed by atoms with Crippen molar-refractivity contribution in [1.29, 1.82) is 0 Å². The molecule has 0 atom stereocenters. The molecule has 27 heavy (non-hydrogen) atoms. The van der Waals surface area contributed by atoms with Crippen LogP contribution in [0.1, 0.15) is 23.2 Å².